The molecule has 3 aromatic carbocycles. The molecular weight excluding hydrogens is 434 g/mol. The fourth-order valence-corrected chi connectivity index (χ4v) is 6.59. The summed E-state index contributed by atoms with van der Waals surface area (Å²) in [5, 5.41) is 27.7. The van der Waals surface area contributed by atoms with Crippen molar-refractivity contribution in [2.24, 2.45) is 0 Å². The van der Waals surface area contributed by atoms with Gasteiger partial charge >= 0.3 is 0 Å². The molecule has 8 nitrogen and oxygen atoms in total. The maximum Gasteiger partial charge on any atom is 0.259 e. The SMILES string of the molecule is C[C@]12O[C@H](C[C@@H](O)[C@H]1O)n1c3ccccc3c3c4c(c5c6ccccc6n2c5c31)C(=O)NC4=O. The Balaban J connectivity index is 1.79. The summed E-state index contributed by atoms with van der Waals surface area (Å²) in [6.45, 7) is 1.78. The Bertz CT molecular complexity index is 1800. The number of fused-ring (bicyclic) bond motifs is 13. The zero-order valence-corrected chi connectivity index (χ0v) is 18.1. The number of aliphatic hydroxyl groups is 2. The highest BCUT2D eigenvalue weighted by Gasteiger charge is 2.52. The van der Waals surface area contributed by atoms with Crippen LogP contribution in [0.2, 0.25) is 0 Å². The van der Waals surface area contributed by atoms with Crippen LogP contribution in [0.3, 0.4) is 0 Å². The fourth-order valence-electron chi connectivity index (χ4n) is 6.59. The molecule has 2 aromatic heterocycles. The molecule has 3 N–H and O–H groups in total. The third-order valence-corrected chi connectivity index (χ3v) is 7.90. The van der Waals surface area contributed by atoms with E-state index in [0.717, 1.165) is 27.3 Å². The number of hydrogen-bond donors (Lipinski definition) is 3. The van der Waals surface area contributed by atoms with Crippen molar-refractivity contribution in [2.45, 2.75) is 37.5 Å². The zero-order valence-electron chi connectivity index (χ0n) is 18.1. The highest BCUT2D eigenvalue weighted by atomic mass is 16.6. The maximum absolute atomic E-state index is 13.2. The predicted octanol–water partition coefficient (Wildman–Crippen LogP) is 3.11. The molecule has 2 amide bonds. The number of aromatic nitrogens is 2. The summed E-state index contributed by atoms with van der Waals surface area (Å²) in [4.78, 5) is 26.4. The van der Waals surface area contributed by atoms with E-state index in [2.05, 4.69) is 5.32 Å². The van der Waals surface area contributed by atoms with E-state index in [4.69, 9.17) is 4.74 Å². The van der Waals surface area contributed by atoms with Crippen LogP contribution in [0.5, 0.6) is 0 Å². The highest BCUT2D eigenvalue weighted by Crippen LogP contribution is 2.53. The minimum Gasteiger partial charge on any atom is -0.390 e. The first kappa shape index (κ1) is 18.7. The lowest BCUT2D eigenvalue weighted by molar-refractivity contribution is -0.272. The number of nitrogens with one attached hydrogen (secondary N) is 1. The average molecular weight is 453 g/mol. The monoisotopic (exact) mass is 453 g/mol. The van der Waals surface area contributed by atoms with E-state index in [0.29, 0.717) is 27.4 Å². The standard InChI is InChI=1S/C26H19N3O5/c1-26-23(31)15(30)10-16(34-26)28-13-8-4-2-6-11(13)17-19-20(25(33)27-24(19)32)18-12-7-3-5-9-14(12)29(26)22(18)21(17)28/h2-9,15-16,23,30-31H,10H2,1H3,(H,27,32,33)/t15-,16-,23-,26+/m1/s1. The highest BCUT2D eigenvalue weighted by molar-refractivity contribution is 6.39. The van der Waals surface area contributed by atoms with Crippen molar-refractivity contribution in [3.8, 4) is 0 Å². The number of benzene rings is 3. The molecule has 1 fully saturated rings. The molecule has 0 radical (unpaired) electrons. The van der Waals surface area contributed by atoms with Gasteiger partial charge in [-0.1, -0.05) is 36.4 Å². The van der Waals surface area contributed by atoms with Crippen molar-refractivity contribution in [1.29, 1.82) is 0 Å². The van der Waals surface area contributed by atoms with Crippen LogP contribution in [-0.4, -0.2) is 43.4 Å². The Morgan fingerprint density at radius 1 is 0.912 bits per heavy atom. The van der Waals surface area contributed by atoms with Crippen molar-refractivity contribution in [3.05, 3.63) is 59.7 Å². The van der Waals surface area contributed by atoms with Gasteiger partial charge in [-0.2, -0.15) is 0 Å². The quantitative estimate of drug-likeness (QED) is 0.313. The molecule has 34 heavy (non-hydrogen) atoms. The van der Waals surface area contributed by atoms with E-state index in [9.17, 15) is 19.8 Å². The Labute approximate surface area is 191 Å². The molecule has 5 aromatic rings. The normalized spacial score (nSPS) is 27.8. The average Bonchev–Trinajstić information content (AvgIpc) is 3.42. The molecular formula is C26H19N3O5. The summed E-state index contributed by atoms with van der Waals surface area (Å²) in [5.41, 5.74) is 2.50. The Kier molecular flexibility index (Phi) is 3.11. The Morgan fingerprint density at radius 2 is 1.50 bits per heavy atom. The summed E-state index contributed by atoms with van der Waals surface area (Å²) in [5.74, 6) is -0.846. The van der Waals surface area contributed by atoms with Crippen LogP contribution < -0.4 is 5.32 Å². The number of carbonyl (C=O) groups excluding carboxylic acids is 2. The van der Waals surface area contributed by atoms with Crippen LogP contribution in [0.25, 0.3) is 43.6 Å². The van der Waals surface area contributed by atoms with E-state index < -0.39 is 36.0 Å². The second-order valence-electron chi connectivity index (χ2n) is 9.60. The van der Waals surface area contributed by atoms with E-state index in [-0.39, 0.29) is 6.42 Å². The Morgan fingerprint density at radius 3 is 2.21 bits per heavy atom. The van der Waals surface area contributed by atoms with Crippen LogP contribution >= 0.6 is 0 Å². The molecule has 3 aliphatic rings. The minimum absolute atomic E-state index is 0.191. The lowest BCUT2D eigenvalue weighted by atomic mass is 9.95. The molecule has 4 atom stereocenters. The first-order chi connectivity index (χ1) is 16.4. The molecule has 8 rings (SSSR count). The number of aliphatic hydroxyl groups excluding tert-OH is 2. The van der Waals surface area contributed by atoms with Gasteiger partial charge in [0.2, 0.25) is 0 Å². The van der Waals surface area contributed by atoms with Crippen LogP contribution in [-0.2, 0) is 10.5 Å². The van der Waals surface area contributed by atoms with E-state index in [1.54, 1.807) is 6.92 Å². The molecule has 2 bridgehead atoms. The van der Waals surface area contributed by atoms with Gasteiger partial charge < -0.3 is 24.1 Å². The first-order valence-corrected chi connectivity index (χ1v) is 11.3. The summed E-state index contributed by atoms with van der Waals surface area (Å²) in [6.07, 6.45) is -2.61. The number of nitrogens with zero attached hydrogens (tertiary/aromatic N) is 2. The number of para-hydroxylation sites is 2. The van der Waals surface area contributed by atoms with E-state index in [1.807, 2.05) is 57.7 Å². The molecule has 0 unspecified atom stereocenters. The summed E-state index contributed by atoms with van der Waals surface area (Å²) >= 11 is 0. The van der Waals surface area contributed by atoms with Gasteiger partial charge in [-0.3, -0.25) is 14.9 Å². The van der Waals surface area contributed by atoms with Crippen molar-refractivity contribution in [1.82, 2.24) is 14.5 Å². The molecule has 168 valence electrons. The van der Waals surface area contributed by atoms with Crippen molar-refractivity contribution in [2.75, 3.05) is 0 Å². The van der Waals surface area contributed by atoms with Crippen LogP contribution in [0, 0.1) is 0 Å². The van der Waals surface area contributed by atoms with E-state index >= 15 is 0 Å². The molecule has 0 spiro atoms. The lowest BCUT2D eigenvalue weighted by Gasteiger charge is -2.45. The van der Waals surface area contributed by atoms with Gasteiger partial charge in [-0.05, 0) is 19.1 Å². The smallest absolute Gasteiger partial charge is 0.259 e. The second-order valence-corrected chi connectivity index (χ2v) is 9.60. The molecule has 0 aliphatic carbocycles. The first-order valence-electron chi connectivity index (χ1n) is 11.3. The number of carbonyl (C=O) groups is 2. The number of rotatable bonds is 0. The largest absolute Gasteiger partial charge is 0.390 e. The summed E-state index contributed by atoms with van der Waals surface area (Å²) in [7, 11) is 0. The van der Waals surface area contributed by atoms with Gasteiger partial charge in [0.25, 0.3) is 11.8 Å². The van der Waals surface area contributed by atoms with Gasteiger partial charge in [-0.25, -0.2) is 0 Å². The molecule has 1 saturated heterocycles. The molecule has 3 aliphatic heterocycles. The summed E-state index contributed by atoms with van der Waals surface area (Å²) < 4.78 is 10.6. The number of hydrogen-bond acceptors (Lipinski definition) is 5. The molecule has 8 heteroatoms. The molecule has 5 heterocycles. The minimum atomic E-state index is -1.30. The van der Waals surface area contributed by atoms with Crippen molar-refractivity contribution < 1.29 is 24.5 Å². The van der Waals surface area contributed by atoms with Crippen LogP contribution in [0.4, 0.5) is 0 Å². The van der Waals surface area contributed by atoms with Crippen molar-refractivity contribution >= 4 is 55.4 Å². The summed E-state index contributed by atoms with van der Waals surface area (Å²) in [6, 6.07) is 15.3. The fraction of sp³-hybridized carbons (Fsp3) is 0.231. The number of amides is 2. The molecule has 0 saturated carbocycles. The van der Waals surface area contributed by atoms with Crippen LogP contribution in [0.15, 0.2) is 48.5 Å². The topological polar surface area (TPSA) is 106 Å². The van der Waals surface area contributed by atoms with Crippen molar-refractivity contribution in [3.63, 3.8) is 0 Å². The van der Waals surface area contributed by atoms with Gasteiger partial charge in [0.05, 0.1) is 39.3 Å². The number of imide groups is 1. The third kappa shape index (κ3) is 1.83. The van der Waals surface area contributed by atoms with Crippen LogP contribution in [0.1, 0.15) is 40.3 Å². The number of ether oxygens (including phenoxy) is 1. The predicted molar refractivity (Wildman–Crippen MR) is 125 cm³/mol. The zero-order chi connectivity index (χ0) is 23.1. The van der Waals surface area contributed by atoms with Gasteiger partial charge in [0, 0.05) is 28.0 Å². The van der Waals surface area contributed by atoms with E-state index in [1.165, 1.54) is 0 Å². The van der Waals surface area contributed by atoms with Gasteiger partial charge in [0.1, 0.15) is 12.3 Å². The maximum atomic E-state index is 13.2. The van der Waals surface area contributed by atoms with Gasteiger partial charge in [-0.15, -0.1) is 0 Å². The van der Waals surface area contributed by atoms with Gasteiger partial charge in [0.15, 0.2) is 5.72 Å². The third-order valence-electron chi connectivity index (χ3n) is 7.90. The Hall–Kier alpha value is -3.72. The second kappa shape index (κ2) is 5.67. The lowest BCUT2D eigenvalue weighted by Crippen LogP contribution is -2.55.